The summed E-state index contributed by atoms with van der Waals surface area (Å²) in [6.45, 7) is 4.89. The highest BCUT2D eigenvalue weighted by Crippen LogP contribution is 2.32. The lowest BCUT2D eigenvalue weighted by molar-refractivity contribution is -0.402. The molecule has 0 N–H and O–H groups in total. The number of ether oxygens (including phenoxy) is 4. The Labute approximate surface area is 263 Å². The van der Waals surface area contributed by atoms with Gasteiger partial charge in [-0.2, -0.15) is 10.1 Å². The van der Waals surface area contributed by atoms with Gasteiger partial charge in [0.1, 0.15) is 17.3 Å². The van der Waals surface area contributed by atoms with Crippen molar-refractivity contribution in [3.8, 4) is 17.2 Å². The highest BCUT2D eigenvalue weighted by atomic mass is 35.5. The second kappa shape index (κ2) is 15.3. The van der Waals surface area contributed by atoms with Crippen LogP contribution in [-0.2, 0) is 16.1 Å². The molecule has 234 valence electrons. The SMILES string of the molecule is Cl.O=C(COc1ccc(Cl)cc1)N1CCN(Cc2ccc3c(c2)OCO3)CC1.O=C1OCCN1N=Cc1ccc([N+](=O)[O-])o1. The number of piperazine rings is 1. The van der Waals surface area contributed by atoms with E-state index in [2.05, 4.69) is 20.8 Å². The highest BCUT2D eigenvalue weighted by Gasteiger charge is 2.23. The van der Waals surface area contributed by atoms with E-state index in [0.29, 0.717) is 30.4 Å². The van der Waals surface area contributed by atoms with Crippen LogP contribution < -0.4 is 14.2 Å². The topological polar surface area (TPSA) is 149 Å². The van der Waals surface area contributed by atoms with Crippen molar-refractivity contribution >= 4 is 48.1 Å². The van der Waals surface area contributed by atoms with Crippen molar-refractivity contribution < 1.29 is 37.9 Å². The lowest BCUT2D eigenvalue weighted by atomic mass is 10.1. The number of furan rings is 1. The highest BCUT2D eigenvalue weighted by molar-refractivity contribution is 6.30. The monoisotopic (exact) mass is 649 g/mol. The van der Waals surface area contributed by atoms with Gasteiger partial charge in [-0.15, -0.1) is 12.4 Å². The van der Waals surface area contributed by atoms with Crippen molar-refractivity contribution in [2.24, 2.45) is 5.10 Å². The molecule has 2 aromatic carbocycles. The number of rotatable bonds is 8. The Bertz CT molecular complexity index is 1480. The predicted molar refractivity (Wildman–Crippen MR) is 160 cm³/mol. The zero-order chi connectivity index (χ0) is 30.2. The van der Waals surface area contributed by atoms with Gasteiger partial charge in [-0.25, -0.2) is 4.79 Å². The maximum absolute atomic E-state index is 12.4. The first kappa shape index (κ1) is 32.4. The van der Waals surface area contributed by atoms with Gasteiger partial charge in [0.15, 0.2) is 23.9 Å². The Kier molecular flexibility index (Phi) is 11.2. The van der Waals surface area contributed by atoms with Crippen LogP contribution in [0.2, 0.25) is 5.02 Å². The third-order valence-electron chi connectivity index (χ3n) is 6.60. The van der Waals surface area contributed by atoms with Crippen LogP contribution in [0.1, 0.15) is 11.3 Å². The maximum Gasteiger partial charge on any atom is 0.433 e. The van der Waals surface area contributed by atoms with Gasteiger partial charge in [-0.1, -0.05) is 17.7 Å². The van der Waals surface area contributed by atoms with E-state index in [-0.39, 0.29) is 50.0 Å². The fourth-order valence-corrected chi connectivity index (χ4v) is 4.47. The molecule has 3 aliphatic heterocycles. The van der Waals surface area contributed by atoms with E-state index in [9.17, 15) is 19.7 Å². The van der Waals surface area contributed by atoms with Gasteiger partial charge in [0.05, 0.1) is 18.8 Å². The van der Waals surface area contributed by atoms with E-state index in [0.717, 1.165) is 36.1 Å². The molecule has 1 aromatic heterocycles. The van der Waals surface area contributed by atoms with Crippen LogP contribution >= 0.6 is 24.0 Å². The lowest BCUT2D eigenvalue weighted by Gasteiger charge is -2.34. The molecule has 0 unspecified atom stereocenters. The quantitative estimate of drug-likeness (QED) is 0.197. The first-order chi connectivity index (χ1) is 20.8. The number of nitrogens with zero attached hydrogens (tertiary/aromatic N) is 5. The second-order valence-electron chi connectivity index (χ2n) is 9.50. The number of hydrogen-bond donors (Lipinski definition) is 0. The molecule has 3 aliphatic rings. The van der Waals surface area contributed by atoms with Crippen molar-refractivity contribution in [2.75, 3.05) is 52.7 Å². The van der Waals surface area contributed by atoms with Gasteiger partial charge in [-0.05, 0) is 48.0 Å². The molecule has 16 heteroatoms. The molecule has 14 nitrogen and oxygen atoms in total. The molecular weight excluding hydrogens is 621 g/mol. The molecule has 0 spiro atoms. The van der Waals surface area contributed by atoms with E-state index in [1.165, 1.54) is 23.9 Å². The molecule has 0 bridgehead atoms. The molecule has 2 fully saturated rings. The summed E-state index contributed by atoms with van der Waals surface area (Å²) >= 11 is 5.85. The number of carbonyl (C=O) groups excluding carboxylic acids is 2. The van der Waals surface area contributed by atoms with Gasteiger partial charge < -0.3 is 28.3 Å². The van der Waals surface area contributed by atoms with Crippen molar-refractivity contribution in [1.82, 2.24) is 14.8 Å². The second-order valence-corrected chi connectivity index (χ2v) is 9.94. The number of hydrogen-bond acceptors (Lipinski definition) is 11. The Morgan fingerprint density at radius 3 is 2.43 bits per heavy atom. The van der Waals surface area contributed by atoms with Crippen LogP contribution in [-0.4, -0.2) is 90.7 Å². The van der Waals surface area contributed by atoms with Crippen LogP contribution in [0.25, 0.3) is 0 Å². The first-order valence-corrected chi connectivity index (χ1v) is 13.7. The minimum atomic E-state index is -0.651. The van der Waals surface area contributed by atoms with Crippen LogP contribution in [0.15, 0.2) is 64.1 Å². The van der Waals surface area contributed by atoms with Crippen LogP contribution in [0.4, 0.5) is 10.7 Å². The summed E-state index contributed by atoms with van der Waals surface area (Å²) in [5.41, 5.74) is 1.19. The fourth-order valence-electron chi connectivity index (χ4n) is 4.35. The number of fused-ring (bicyclic) bond motifs is 1. The summed E-state index contributed by atoms with van der Waals surface area (Å²) < 4.78 is 25.8. The normalized spacial score (nSPS) is 15.8. The van der Waals surface area contributed by atoms with E-state index >= 15 is 0 Å². The summed E-state index contributed by atoms with van der Waals surface area (Å²) in [5, 5.41) is 15.8. The summed E-state index contributed by atoms with van der Waals surface area (Å²) in [7, 11) is 0. The number of amides is 2. The van der Waals surface area contributed by atoms with Gasteiger partial charge in [0.25, 0.3) is 5.91 Å². The number of nitro groups is 1. The molecule has 0 atom stereocenters. The van der Waals surface area contributed by atoms with Crippen LogP contribution in [0, 0.1) is 10.1 Å². The average molecular weight is 650 g/mol. The fraction of sp³-hybridized carbons (Fsp3) is 0.321. The molecule has 44 heavy (non-hydrogen) atoms. The summed E-state index contributed by atoms with van der Waals surface area (Å²) in [5.74, 6) is 2.09. The van der Waals surface area contributed by atoms with E-state index in [4.69, 9.17) is 30.2 Å². The first-order valence-electron chi connectivity index (χ1n) is 13.3. The molecule has 0 radical (unpaired) electrons. The maximum atomic E-state index is 12.4. The van der Waals surface area contributed by atoms with E-state index in [1.807, 2.05) is 17.0 Å². The third kappa shape index (κ3) is 8.75. The Balaban J connectivity index is 0.000000223. The van der Waals surface area contributed by atoms with Gasteiger partial charge in [0.2, 0.25) is 6.79 Å². The number of carbonyl (C=O) groups is 2. The van der Waals surface area contributed by atoms with Gasteiger partial charge >= 0.3 is 12.0 Å². The van der Waals surface area contributed by atoms with Crippen molar-refractivity contribution in [2.45, 2.75) is 6.54 Å². The molecule has 0 aliphatic carbocycles. The number of cyclic esters (lactones) is 1. The van der Waals surface area contributed by atoms with Crippen LogP contribution in [0.5, 0.6) is 17.2 Å². The molecule has 6 rings (SSSR count). The molecular formula is C28H29Cl2N5O9. The Hall–Kier alpha value is -4.53. The van der Waals surface area contributed by atoms with Gasteiger partial charge in [0, 0.05) is 37.7 Å². The third-order valence-corrected chi connectivity index (χ3v) is 6.85. The van der Waals surface area contributed by atoms with Crippen molar-refractivity contribution in [1.29, 1.82) is 0 Å². The standard InChI is InChI=1S/C20H21ClN2O4.C8H7N3O5.ClH/c21-16-2-4-17(5-3-16)25-13-20(24)23-9-7-22(8-10-23)12-15-1-6-18-19(11-15)27-14-26-18;12-8-10(3-4-15-8)9-5-6-1-2-7(16-6)11(13)14;/h1-6,11H,7-10,12-14H2;1-2,5H,3-4H2;1H. The van der Waals surface area contributed by atoms with Crippen LogP contribution in [0.3, 0.4) is 0 Å². The molecule has 3 aromatic rings. The molecule has 0 saturated carbocycles. The Morgan fingerprint density at radius 2 is 1.75 bits per heavy atom. The van der Waals surface area contributed by atoms with E-state index < -0.39 is 11.0 Å². The van der Waals surface area contributed by atoms with Crippen molar-refractivity contribution in [3.05, 3.63) is 81.1 Å². The summed E-state index contributed by atoms with van der Waals surface area (Å²) in [6, 6.07) is 15.7. The molecule has 2 saturated heterocycles. The largest absolute Gasteiger partial charge is 0.484 e. The smallest absolute Gasteiger partial charge is 0.433 e. The summed E-state index contributed by atoms with van der Waals surface area (Å²) in [6.07, 6.45) is 0.678. The van der Waals surface area contributed by atoms with E-state index in [1.54, 1.807) is 24.3 Å². The number of hydrazone groups is 1. The zero-order valence-electron chi connectivity index (χ0n) is 23.3. The zero-order valence-corrected chi connectivity index (χ0v) is 24.9. The minimum absolute atomic E-state index is 0. The minimum Gasteiger partial charge on any atom is -0.484 e. The number of benzene rings is 2. The van der Waals surface area contributed by atoms with Gasteiger partial charge in [-0.3, -0.25) is 19.8 Å². The lowest BCUT2D eigenvalue weighted by Crippen LogP contribution is -2.49. The Morgan fingerprint density at radius 1 is 1.00 bits per heavy atom. The predicted octanol–water partition coefficient (Wildman–Crippen LogP) is 4.19. The molecule has 2 amide bonds. The summed E-state index contributed by atoms with van der Waals surface area (Å²) in [4.78, 5) is 37.2. The average Bonchev–Trinajstić information content (AvgIpc) is 3.77. The molecule has 4 heterocycles. The van der Waals surface area contributed by atoms with Crippen molar-refractivity contribution in [3.63, 3.8) is 0 Å². The number of halogens is 2.